The summed E-state index contributed by atoms with van der Waals surface area (Å²) in [5, 5.41) is 3.08. The maximum absolute atomic E-state index is 12.8. The summed E-state index contributed by atoms with van der Waals surface area (Å²) in [5.41, 5.74) is 4.36. The van der Waals surface area contributed by atoms with Crippen LogP contribution in [0.1, 0.15) is 52.9 Å². The van der Waals surface area contributed by atoms with Gasteiger partial charge in [-0.15, -0.1) is 0 Å². The normalized spacial score (nSPS) is 15.7. The first kappa shape index (κ1) is 23.1. The molecule has 33 heavy (non-hydrogen) atoms. The summed E-state index contributed by atoms with van der Waals surface area (Å²) in [4.78, 5) is 15.3. The minimum atomic E-state index is -0.134. The molecule has 1 N–H and O–H groups in total. The monoisotopic (exact) mass is 442 g/mol. The third-order valence-corrected chi connectivity index (χ3v) is 6.65. The van der Waals surface area contributed by atoms with Crippen molar-refractivity contribution in [3.63, 3.8) is 0 Å². The summed E-state index contributed by atoms with van der Waals surface area (Å²) in [5.74, 6) is 1.50. The van der Waals surface area contributed by atoms with Gasteiger partial charge in [-0.1, -0.05) is 60.7 Å². The van der Waals surface area contributed by atoms with Crippen molar-refractivity contribution in [3.05, 3.63) is 101 Å². The fourth-order valence-electron chi connectivity index (χ4n) is 4.70. The van der Waals surface area contributed by atoms with E-state index in [0.717, 1.165) is 36.9 Å². The van der Waals surface area contributed by atoms with Crippen LogP contribution in [0.4, 0.5) is 0 Å². The summed E-state index contributed by atoms with van der Waals surface area (Å²) in [7, 11) is 1.65. The van der Waals surface area contributed by atoms with Gasteiger partial charge in [0.25, 0.3) is 5.91 Å². The Morgan fingerprint density at radius 2 is 1.61 bits per heavy atom. The van der Waals surface area contributed by atoms with Crippen molar-refractivity contribution in [1.29, 1.82) is 0 Å². The number of hydrogen-bond donors (Lipinski definition) is 1. The van der Waals surface area contributed by atoms with Gasteiger partial charge < -0.3 is 10.1 Å². The van der Waals surface area contributed by atoms with E-state index < -0.39 is 0 Å². The van der Waals surface area contributed by atoms with Crippen molar-refractivity contribution in [2.75, 3.05) is 20.2 Å². The van der Waals surface area contributed by atoms with E-state index in [1.165, 1.54) is 30.4 Å². The molecular weight excluding hydrogens is 408 g/mol. The number of nitrogens with zero attached hydrogens (tertiary/aromatic N) is 1. The zero-order valence-corrected chi connectivity index (χ0v) is 19.7. The molecule has 0 spiro atoms. The molecule has 0 saturated carbocycles. The highest BCUT2D eigenvalue weighted by Crippen LogP contribution is 2.25. The van der Waals surface area contributed by atoms with Crippen LogP contribution in [0.3, 0.4) is 0 Å². The molecular formula is C29H34N2O2. The number of carbonyl (C=O) groups excluding carboxylic acids is 1. The van der Waals surface area contributed by atoms with Crippen LogP contribution in [0.15, 0.2) is 78.9 Å². The van der Waals surface area contributed by atoms with Crippen LogP contribution in [-0.4, -0.2) is 31.0 Å². The Hall–Kier alpha value is -3.11. The highest BCUT2D eigenvalue weighted by atomic mass is 16.5. The van der Waals surface area contributed by atoms with Gasteiger partial charge in [-0.2, -0.15) is 0 Å². The minimum absolute atomic E-state index is 0.0679. The standard InChI is InChI=1S/C29H34N2O2/c1-22(27-10-6-7-11-28(27)33-2)30-29(32)26-14-12-25(13-15-26)21-31-18-16-24(17-19-31)20-23-8-4-3-5-9-23/h3-15,22,24H,16-21H2,1-2H3,(H,30,32)/t22-/m0/s1. The molecule has 4 nitrogen and oxygen atoms in total. The zero-order valence-electron chi connectivity index (χ0n) is 19.7. The molecule has 1 fully saturated rings. The summed E-state index contributed by atoms with van der Waals surface area (Å²) < 4.78 is 5.42. The predicted octanol–water partition coefficient (Wildman–Crippen LogP) is 5.64. The van der Waals surface area contributed by atoms with Gasteiger partial charge in [0.1, 0.15) is 5.75 Å². The van der Waals surface area contributed by atoms with E-state index in [9.17, 15) is 4.79 Å². The lowest BCUT2D eigenvalue weighted by Gasteiger charge is -2.32. The molecule has 1 amide bonds. The lowest BCUT2D eigenvalue weighted by atomic mass is 9.90. The maximum Gasteiger partial charge on any atom is 0.251 e. The molecule has 0 unspecified atom stereocenters. The predicted molar refractivity (Wildman–Crippen MR) is 133 cm³/mol. The Kier molecular flexibility index (Phi) is 7.79. The molecule has 4 heteroatoms. The highest BCUT2D eigenvalue weighted by Gasteiger charge is 2.20. The fraction of sp³-hybridized carbons (Fsp3) is 0.345. The van der Waals surface area contributed by atoms with E-state index in [1.807, 2.05) is 43.3 Å². The summed E-state index contributed by atoms with van der Waals surface area (Å²) in [6, 6.07) is 26.5. The SMILES string of the molecule is COc1ccccc1[C@H](C)NC(=O)c1ccc(CN2CCC(Cc3ccccc3)CC2)cc1. The minimum Gasteiger partial charge on any atom is -0.496 e. The Morgan fingerprint density at radius 1 is 0.939 bits per heavy atom. The number of piperidine rings is 1. The van der Waals surface area contributed by atoms with Crippen LogP contribution in [0.25, 0.3) is 0 Å². The molecule has 1 aliphatic heterocycles. The number of rotatable bonds is 8. The van der Waals surface area contributed by atoms with Gasteiger partial charge in [0.15, 0.2) is 0 Å². The number of likely N-dealkylation sites (tertiary alicyclic amines) is 1. The van der Waals surface area contributed by atoms with Crippen molar-refractivity contribution in [2.24, 2.45) is 5.92 Å². The third-order valence-electron chi connectivity index (χ3n) is 6.65. The summed E-state index contributed by atoms with van der Waals surface area (Å²) in [6.45, 7) is 5.19. The van der Waals surface area contributed by atoms with Gasteiger partial charge >= 0.3 is 0 Å². The Labute approximate surface area is 197 Å². The van der Waals surface area contributed by atoms with Gasteiger partial charge in [0.2, 0.25) is 0 Å². The molecule has 0 radical (unpaired) electrons. The number of carbonyl (C=O) groups is 1. The molecule has 3 aromatic carbocycles. The van der Waals surface area contributed by atoms with Gasteiger partial charge in [-0.25, -0.2) is 0 Å². The lowest BCUT2D eigenvalue weighted by Crippen LogP contribution is -2.33. The molecule has 1 saturated heterocycles. The number of ether oxygens (including phenoxy) is 1. The lowest BCUT2D eigenvalue weighted by molar-refractivity contribution is 0.0939. The Bertz CT molecular complexity index is 1030. The molecule has 1 heterocycles. The van der Waals surface area contributed by atoms with Gasteiger partial charge in [0.05, 0.1) is 13.2 Å². The molecule has 0 aromatic heterocycles. The van der Waals surface area contributed by atoms with Crippen molar-refractivity contribution in [3.8, 4) is 5.75 Å². The summed E-state index contributed by atoms with van der Waals surface area (Å²) >= 11 is 0. The number of methoxy groups -OCH3 is 1. The zero-order chi connectivity index (χ0) is 23.0. The molecule has 1 aliphatic rings. The van der Waals surface area contributed by atoms with E-state index in [1.54, 1.807) is 7.11 Å². The molecule has 4 rings (SSSR count). The smallest absolute Gasteiger partial charge is 0.251 e. The molecule has 172 valence electrons. The van der Waals surface area contributed by atoms with E-state index >= 15 is 0 Å². The Morgan fingerprint density at radius 3 is 2.30 bits per heavy atom. The van der Waals surface area contributed by atoms with E-state index in [2.05, 4.69) is 52.7 Å². The maximum atomic E-state index is 12.8. The van der Waals surface area contributed by atoms with E-state index in [-0.39, 0.29) is 11.9 Å². The highest BCUT2D eigenvalue weighted by molar-refractivity contribution is 5.94. The Balaban J connectivity index is 1.26. The van der Waals surface area contributed by atoms with E-state index in [4.69, 9.17) is 4.74 Å². The summed E-state index contributed by atoms with van der Waals surface area (Å²) in [6.07, 6.45) is 3.68. The largest absolute Gasteiger partial charge is 0.496 e. The first-order valence-corrected chi connectivity index (χ1v) is 11.9. The molecule has 0 aliphatic carbocycles. The van der Waals surface area contributed by atoms with Crippen LogP contribution < -0.4 is 10.1 Å². The first-order valence-electron chi connectivity index (χ1n) is 11.9. The second-order valence-corrected chi connectivity index (χ2v) is 9.04. The number of para-hydroxylation sites is 1. The van der Waals surface area contributed by atoms with Crippen LogP contribution >= 0.6 is 0 Å². The molecule has 3 aromatic rings. The molecule has 1 atom stereocenters. The van der Waals surface area contributed by atoms with Gasteiger partial charge in [0, 0.05) is 17.7 Å². The van der Waals surface area contributed by atoms with Crippen molar-refractivity contribution in [2.45, 2.75) is 38.8 Å². The first-order chi connectivity index (χ1) is 16.1. The topological polar surface area (TPSA) is 41.6 Å². The van der Waals surface area contributed by atoms with Crippen LogP contribution in [-0.2, 0) is 13.0 Å². The molecule has 0 bridgehead atoms. The number of benzene rings is 3. The number of amides is 1. The van der Waals surface area contributed by atoms with Gasteiger partial charge in [-0.05, 0) is 74.5 Å². The van der Waals surface area contributed by atoms with Crippen molar-refractivity contribution < 1.29 is 9.53 Å². The van der Waals surface area contributed by atoms with Crippen LogP contribution in [0, 0.1) is 5.92 Å². The van der Waals surface area contributed by atoms with Crippen LogP contribution in [0.5, 0.6) is 5.75 Å². The average molecular weight is 443 g/mol. The van der Waals surface area contributed by atoms with Gasteiger partial charge in [-0.3, -0.25) is 9.69 Å². The average Bonchev–Trinajstić information content (AvgIpc) is 2.86. The number of hydrogen-bond acceptors (Lipinski definition) is 3. The second-order valence-electron chi connectivity index (χ2n) is 9.04. The third kappa shape index (κ3) is 6.23. The van der Waals surface area contributed by atoms with Crippen molar-refractivity contribution in [1.82, 2.24) is 10.2 Å². The number of nitrogens with one attached hydrogen (secondary N) is 1. The quantitative estimate of drug-likeness (QED) is 0.491. The van der Waals surface area contributed by atoms with Crippen LogP contribution in [0.2, 0.25) is 0 Å². The van der Waals surface area contributed by atoms with Crippen molar-refractivity contribution >= 4 is 5.91 Å². The second kappa shape index (κ2) is 11.2. The fourth-order valence-corrected chi connectivity index (χ4v) is 4.70. The van der Waals surface area contributed by atoms with E-state index in [0.29, 0.717) is 5.56 Å².